The van der Waals surface area contributed by atoms with Crippen LogP contribution in [0.25, 0.3) is 21.5 Å². The molecule has 1 aliphatic heterocycles. The number of nitrogens with zero attached hydrogens (tertiary/aromatic N) is 1. The van der Waals surface area contributed by atoms with Crippen LogP contribution in [0.5, 0.6) is 5.75 Å². The molecule has 6 aromatic carbocycles. The first-order valence-electron chi connectivity index (χ1n) is 13.4. The summed E-state index contributed by atoms with van der Waals surface area (Å²) >= 11 is 0. The van der Waals surface area contributed by atoms with Gasteiger partial charge < -0.3 is 5.11 Å². The number of benzene rings is 6. The highest BCUT2D eigenvalue weighted by molar-refractivity contribution is 7.82. The second kappa shape index (κ2) is 9.80. The van der Waals surface area contributed by atoms with E-state index >= 15 is 0 Å². The number of aliphatic imine (C=N–C) groups is 1. The lowest BCUT2D eigenvalue weighted by atomic mass is 9.72. The minimum absolute atomic E-state index is 0.354. The van der Waals surface area contributed by atoms with Crippen LogP contribution in [-0.4, -0.2) is 16.7 Å². The molecule has 39 heavy (non-hydrogen) atoms. The van der Waals surface area contributed by atoms with E-state index in [9.17, 15) is 5.11 Å². The molecule has 0 radical (unpaired) electrons. The maximum Gasteiger partial charge on any atom is 0.127 e. The highest BCUT2D eigenvalue weighted by atomic mass is 31.1. The van der Waals surface area contributed by atoms with Gasteiger partial charge in [-0.05, 0) is 48.2 Å². The molecule has 0 spiro atoms. The van der Waals surface area contributed by atoms with Gasteiger partial charge >= 0.3 is 0 Å². The van der Waals surface area contributed by atoms with E-state index in [4.69, 9.17) is 4.99 Å². The summed E-state index contributed by atoms with van der Waals surface area (Å²) in [4.78, 5) is 5.61. The second-order valence-electron chi connectivity index (χ2n) is 10.1. The fraction of sp³-hybridized carbons (Fsp3) is 0.0833. The molecule has 2 atom stereocenters. The van der Waals surface area contributed by atoms with Gasteiger partial charge in [0.2, 0.25) is 0 Å². The Morgan fingerprint density at radius 3 is 1.97 bits per heavy atom. The maximum atomic E-state index is 11.9. The van der Waals surface area contributed by atoms with Crippen LogP contribution in [0.15, 0.2) is 145 Å². The van der Waals surface area contributed by atoms with E-state index in [1.807, 2.05) is 18.2 Å². The van der Waals surface area contributed by atoms with Crippen LogP contribution in [0.4, 0.5) is 5.69 Å². The Kier molecular flexibility index (Phi) is 5.99. The Balaban J connectivity index is 1.57. The number of fused-ring (bicyclic) bond motifs is 2. The summed E-state index contributed by atoms with van der Waals surface area (Å²) in [7, 11) is -0.735. The molecule has 1 aliphatic rings. The normalized spacial score (nSPS) is 20.1. The van der Waals surface area contributed by atoms with E-state index in [2.05, 4.69) is 121 Å². The molecule has 0 amide bonds. The first-order valence-corrected chi connectivity index (χ1v) is 14.9. The van der Waals surface area contributed by atoms with Gasteiger partial charge in [0.25, 0.3) is 0 Å². The van der Waals surface area contributed by atoms with Crippen molar-refractivity contribution in [2.45, 2.75) is 11.8 Å². The van der Waals surface area contributed by atoms with Gasteiger partial charge in [0.05, 0.1) is 16.6 Å². The lowest BCUT2D eigenvalue weighted by Gasteiger charge is -2.33. The first-order chi connectivity index (χ1) is 19.3. The van der Waals surface area contributed by atoms with Crippen LogP contribution in [0, 0.1) is 0 Å². The predicted molar refractivity (Wildman–Crippen MR) is 166 cm³/mol. The summed E-state index contributed by atoms with van der Waals surface area (Å²) in [5, 5.41) is 17.5. The minimum atomic E-state index is -0.735. The molecule has 7 rings (SSSR count). The first kappa shape index (κ1) is 23.8. The van der Waals surface area contributed by atoms with Gasteiger partial charge in [-0.2, -0.15) is 0 Å². The van der Waals surface area contributed by atoms with Crippen LogP contribution >= 0.6 is 7.92 Å². The van der Waals surface area contributed by atoms with Crippen molar-refractivity contribution in [2.24, 2.45) is 4.99 Å². The number of rotatable bonds is 4. The van der Waals surface area contributed by atoms with E-state index in [-0.39, 0.29) is 0 Å². The van der Waals surface area contributed by atoms with Crippen LogP contribution in [0.2, 0.25) is 0 Å². The van der Waals surface area contributed by atoms with E-state index in [0.717, 1.165) is 45.4 Å². The fourth-order valence-electron chi connectivity index (χ4n) is 6.17. The number of phenols is 1. The third-order valence-corrected chi connectivity index (χ3v) is 10.6. The zero-order valence-corrected chi connectivity index (χ0v) is 22.4. The highest BCUT2D eigenvalue weighted by Crippen LogP contribution is 2.60. The van der Waals surface area contributed by atoms with Crippen molar-refractivity contribution < 1.29 is 5.11 Å². The Hall–Kier alpha value is -4.26. The van der Waals surface area contributed by atoms with Crippen LogP contribution in [0.3, 0.4) is 0 Å². The monoisotopic (exact) mass is 521 g/mol. The van der Waals surface area contributed by atoms with E-state index in [1.165, 1.54) is 16.3 Å². The predicted octanol–water partition coefficient (Wildman–Crippen LogP) is 8.93. The number of phenolic OH excluding ortho intramolecular Hbond substituents is 1. The minimum Gasteiger partial charge on any atom is -0.507 e. The summed E-state index contributed by atoms with van der Waals surface area (Å²) in [6.45, 7) is 0. The van der Waals surface area contributed by atoms with Crippen LogP contribution < -0.4 is 5.30 Å². The summed E-state index contributed by atoms with van der Waals surface area (Å²) in [5.41, 5.74) is 3.70. The van der Waals surface area contributed by atoms with E-state index in [1.54, 1.807) is 0 Å². The lowest BCUT2D eigenvalue weighted by Crippen LogP contribution is -2.33. The van der Waals surface area contributed by atoms with Crippen molar-refractivity contribution in [1.82, 2.24) is 0 Å². The van der Waals surface area contributed by atoms with Gasteiger partial charge in [-0.15, -0.1) is 0 Å². The molecule has 0 aliphatic carbocycles. The van der Waals surface area contributed by atoms with Crippen molar-refractivity contribution in [3.05, 3.63) is 151 Å². The average Bonchev–Trinajstić information content (AvgIpc) is 3.38. The summed E-state index contributed by atoms with van der Waals surface area (Å²) in [6, 6.07) is 48.7. The van der Waals surface area contributed by atoms with Crippen LogP contribution in [-0.2, 0) is 5.41 Å². The largest absolute Gasteiger partial charge is 0.507 e. The van der Waals surface area contributed by atoms with Crippen molar-refractivity contribution >= 4 is 45.9 Å². The second-order valence-corrected chi connectivity index (χ2v) is 12.4. The fourth-order valence-corrected chi connectivity index (χ4v) is 9.03. The van der Waals surface area contributed by atoms with E-state index in [0.29, 0.717) is 5.75 Å². The van der Waals surface area contributed by atoms with Gasteiger partial charge in [0.1, 0.15) is 5.75 Å². The van der Waals surface area contributed by atoms with Gasteiger partial charge in [-0.25, -0.2) is 0 Å². The van der Waals surface area contributed by atoms with E-state index < -0.39 is 13.3 Å². The zero-order valence-electron chi connectivity index (χ0n) is 21.5. The van der Waals surface area contributed by atoms with Crippen LogP contribution in [0.1, 0.15) is 17.5 Å². The molecule has 0 aromatic heterocycles. The zero-order chi connectivity index (χ0) is 26.2. The number of aromatic hydroxyl groups is 1. The molecular formula is C36H28NOP. The Bertz CT molecular complexity index is 1820. The smallest absolute Gasteiger partial charge is 0.127 e. The van der Waals surface area contributed by atoms with Crippen molar-refractivity contribution in [3.8, 4) is 5.75 Å². The SMILES string of the molecule is Oc1c(C2(c3ccccc3)CCP(c3ccccc3)C2=Nc2cccc3ccccc23)ccc2ccccc12. The van der Waals surface area contributed by atoms with Gasteiger partial charge in [-0.1, -0.05) is 133 Å². The molecule has 1 fully saturated rings. The van der Waals surface area contributed by atoms with Crippen molar-refractivity contribution in [1.29, 1.82) is 0 Å². The quantitative estimate of drug-likeness (QED) is 0.231. The molecule has 0 bridgehead atoms. The Labute approximate surface area is 230 Å². The summed E-state index contributed by atoms with van der Waals surface area (Å²) < 4.78 is 0. The third kappa shape index (κ3) is 3.95. The molecule has 2 unspecified atom stereocenters. The van der Waals surface area contributed by atoms with Gasteiger partial charge in [-0.3, -0.25) is 4.99 Å². The maximum absolute atomic E-state index is 11.9. The third-order valence-electron chi connectivity index (χ3n) is 8.04. The highest BCUT2D eigenvalue weighted by Gasteiger charge is 2.50. The molecule has 188 valence electrons. The topological polar surface area (TPSA) is 32.6 Å². The van der Waals surface area contributed by atoms with Crippen molar-refractivity contribution in [2.75, 3.05) is 6.16 Å². The lowest BCUT2D eigenvalue weighted by molar-refractivity contribution is 0.465. The number of hydrogen-bond acceptors (Lipinski definition) is 2. The molecule has 6 aromatic rings. The molecule has 2 nitrogen and oxygen atoms in total. The Morgan fingerprint density at radius 1 is 0.590 bits per heavy atom. The molecule has 1 heterocycles. The molecule has 1 saturated heterocycles. The van der Waals surface area contributed by atoms with Gasteiger partial charge in [0, 0.05) is 16.3 Å². The summed E-state index contributed by atoms with van der Waals surface area (Å²) in [5.74, 6) is 0.354. The van der Waals surface area contributed by atoms with Crippen molar-refractivity contribution in [3.63, 3.8) is 0 Å². The number of hydrogen-bond donors (Lipinski definition) is 1. The molecule has 1 N–H and O–H groups in total. The Morgan fingerprint density at radius 2 is 1.21 bits per heavy atom. The van der Waals surface area contributed by atoms with Gasteiger partial charge in [0.15, 0.2) is 0 Å². The average molecular weight is 522 g/mol. The standard InChI is InChI=1S/C36H28NOP/c38-34-31-20-10-8-13-27(31)22-23-32(34)36(28-15-3-1-4-16-28)24-25-39(29-17-5-2-6-18-29)35(36)37-33-21-11-14-26-12-7-9-19-30(26)33/h1-23,38H,24-25H2. The molecular weight excluding hydrogens is 493 g/mol. The molecule has 3 heteroatoms. The summed E-state index contributed by atoms with van der Waals surface area (Å²) in [6.07, 6.45) is 1.89. The molecule has 0 saturated carbocycles.